The molecule has 116 valence electrons. The zero-order valence-electron chi connectivity index (χ0n) is 12.5. The third-order valence-corrected chi connectivity index (χ3v) is 5.82. The number of hydrogen-bond acceptors (Lipinski definition) is 2. The van der Waals surface area contributed by atoms with E-state index in [1.807, 2.05) is 12.1 Å². The second kappa shape index (κ2) is 6.23. The van der Waals surface area contributed by atoms with E-state index in [1.165, 1.54) is 38.5 Å². The molecule has 4 heteroatoms. The topological polar surface area (TPSA) is 29.3 Å². The average Bonchev–Trinajstić information content (AvgIpc) is 2.94. The van der Waals surface area contributed by atoms with Gasteiger partial charge in [-0.2, -0.15) is 0 Å². The molecule has 2 aliphatic rings. The standard InChI is InChI=1S/C17H24ClFN2/c18-14-5-3-4-13(16(14)19)15(12-20)21-10-8-17(9-11-21)6-1-2-7-17/h3-5,15H,1-2,6-12,20H2. The molecule has 1 heterocycles. The number of hydrogen-bond donors (Lipinski definition) is 1. The maximum absolute atomic E-state index is 14.3. The van der Waals surface area contributed by atoms with E-state index in [9.17, 15) is 4.39 Å². The number of benzene rings is 1. The first kappa shape index (κ1) is 15.3. The van der Waals surface area contributed by atoms with Gasteiger partial charge in [-0.1, -0.05) is 36.6 Å². The highest BCUT2D eigenvalue weighted by atomic mass is 35.5. The van der Waals surface area contributed by atoms with Crippen molar-refractivity contribution >= 4 is 11.6 Å². The van der Waals surface area contributed by atoms with Gasteiger partial charge in [0.15, 0.2) is 0 Å². The lowest BCUT2D eigenvalue weighted by Gasteiger charge is -2.42. The Kier molecular flexibility index (Phi) is 4.53. The van der Waals surface area contributed by atoms with Crippen LogP contribution in [0.1, 0.15) is 50.1 Å². The van der Waals surface area contributed by atoms with Crippen LogP contribution < -0.4 is 5.73 Å². The Balaban J connectivity index is 1.74. The quantitative estimate of drug-likeness (QED) is 0.909. The van der Waals surface area contributed by atoms with Crippen molar-refractivity contribution < 1.29 is 4.39 Å². The molecule has 21 heavy (non-hydrogen) atoms. The Morgan fingerprint density at radius 1 is 1.19 bits per heavy atom. The first-order valence-electron chi connectivity index (χ1n) is 8.03. The van der Waals surface area contributed by atoms with Gasteiger partial charge < -0.3 is 5.73 Å². The Morgan fingerprint density at radius 2 is 1.86 bits per heavy atom. The van der Waals surface area contributed by atoms with Crippen LogP contribution in [0.5, 0.6) is 0 Å². The summed E-state index contributed by atoms with van der Waals surface area (Å²) in [6.07, 6.45) is 7.96. The molecule has 3 rings (SSSR count). The van der Waals surface area contributed by atoms with Gasteiger partial charge >= 0.3 is 0 Å². The van der Waals surface area contributed by atoms with Crippen LogP contribution in [-0.2, 0) is 0 Å². The summed E-state index contributed by atoms with van der Waals surface area (Å²) < 4.78 is 14.3. The van der Waals surface area contributed by atoms with Crippen LogP contribution in [-0.4, -0.2) is 24.5 Å². The molecule has 2 nitrogen and oxygen atoms in total. The molecule has 1 atom stereocenters. The minimum Gasteiger partial charge on any atom is -0.329 e. The second-order valence-electron chi connectivity index (χ2n) is 6.64. The molecule has 1 aromatic rings. The van der Waals surface area contributed by atoms with E-state index in [1.54, 1.807) is 6.07 Å². The SMILES string of the molecule is NCC(c1cccc(Cl)c1F)N1CCC2(CCCC2)CC1. The van der Waals surface area contributed by atoms with E-state index in [0.717, 1.165) is 13.1 Å². The monoisotopic (exact) mass is 310 g/mol. The Bertz CT molecular complexity index is 490. The van der Waals surface area contributed by atoms with Crippen LogP contribution in [0.25, 0.3) is 0 Å². The number of piperidine rings is 1. The molecule has 0 bridgehead atoms. The van der Waals surface area contributed by atoms with Crippen molar-refractivity contribution in [3.8, 4) is 0 Å². The van der Waals surface area contributed by atoms with Gasteiger partial charge in [-0.3, -0.25) is 4.90 Å². The van der Waals surface area contributed by atoms with Gasteiger partial charge in [0.25, 0.3) is 0 Å². The van der Waals surface area contributed by atoms with E-state index < -0.39 is 0 Å². The van der Waals surface area contributed by atoms with Gasteiger partial charge in [0.05, 0.1) is 5.02 Å². The summed E-state index contributed by atoms with van der Waals surface area (Å²) >= 11 is 5.92. The Hall–Kier alpha value is -0.640. The largest absolute Gasteiger partial charge is 0.329 e. The molecule has 2 N–H and O–H groups in total. The highest BCUT2D eigenvalue weighted by molar-refractivity contribution is 6.30. The van der Waals surface area contributed by atoms with Crippen molar-refractivity contribution in [3.05, 3.63) is 34.6 Å². The maximum atomic E-state index is 14.3. The van der Waals surface area contributed by atoms with Crippen LogP contribution in [0.4, 0.5) is 4.39 Å². The number of halogens is 2. The third kappa shape index (κ3) is 2.96. The van der Waals surface area contributed by atoms with E-state index in [2.05, 4.69) is 4.90 Å². The van der Waals surface area contributed by atoms with E-state index >= 15 is 0 Å². The fourth-order valence-corrected chi connectivity index (χ4v) is 4.37. The van der Waals surface area contributed by atoms with Gasteiger partial charge in [-0.25, -0.2) is 4.39 Å². The van der Waals surface area contributed by atoms with Crippen molar-refractivity contribution in [1.82, 2.24) is 4.90 Å². The summed E-state index contributed by atoms with van der Waals surface area (Å²) in [6.45, 7) is 2.48. The lowest BCUT2D eigenvalue weighted by molar-refractivity contribution is 0.0768. The molecule has 1 spiro atoms. The lowest BCUT2D eigenvalue weighted by Crippen LogP contribution is -2.43. The summed E-state index contributed by atoms with van der Waals surface area (Å²) in [7, 11) is 0. The zero-order valence-corrected chi connectivity index (χ0v) is 13.2. The van der Waals surface area contributed by atoms with Crippen molar-refractivity contribution in [2.24, 2.45) is 11.1 Å². The molecule has 2 fully saturated rings. The first-order chi connectivity index (χ1) is 10.2. The molecular weight excluding hydrogens is 287 g/mol. The summed E-state index contributed by atoms with van der Waals surface area (Å²) in [6, 6.07) is 5.17. The molecule has 0 aromatic heterocycles. The van der Waals surface area contributed by atoms with E-state index in [4.69, 9.17) is 17.3 Å². The minimum atomic E-state index is -0.309. The molecule has 0 amide bonds. The Labute approximate surface area is 131 Å². The number of nitrogens with zero attached hydrogens (tertiary/aromatic N) is 1. The molecular formula is C17H24ClFN2. The summed E-state index contributed by atoms with van der Waals surface area (Å²) in [4.78, 5) is 2.35. The van der Waals surface area contributed by atoms with Crippen molar-refractivity contribution in [1.29, 1.82) is 0 Å². The number of nitrogens with two attached hydrogens (primary N) is 1. The van der Waals surface area contributed by atoms with Crippen LogP contribution in [0, 0.1) is 11.2 Å². The third-order valence-electron chi connectivity index (χ3n) is 5.53. The molecule has 1 saturated heterocycles. The van der Waals surface area contributed by atoms with Crippen molar-refractivity contribution in [2.75, 3.05) is 19.6 Å². The summed E-state index contributed by atoms with van der Waals surface area (Å²) in [5.74, 6) is -0.309. The maximum Gasteiger partial charge on any atom is 0.146 e. The van der Waals surface area contributed by atoms with E-state index in [-0.39, 0.29) is 16.9 Å². The minimum absolute atomic E-state index is 0.0533. The van der Waals surface area contributed by atoms with Crippen LogP contribution >= 0.6 is 11.6 Å². The molecule has 1 aliphatic carbocycles. The molecule has 1 saturated carbocycles. The predicted molar refractivity (Wildman–Crippen MR) is 84.9 cm³/mol. The highest BCUT2D eigenvalue weighted by Crippen LogP contribution is 2.47. The van der Waals surface area contributed by atoms with Crippen LogP contribution in [0.15, 0.2) is 18.2 Å². The lowest BCUT2D eigenvalue weighted by atomic mass is 9.76. The van der Waals surface area contributed by atoms with Crippen LogP contribution in [0.3, 0.4) is 0 Å². The van der Waals surface area contributed by atoms with Gasteiger partial charge in [0, 0.05) is 18.2 Å². The fraction of sp³-hybridized carbons (Fsp3) is 0.647. The number of rotatable bonds is 3. The molecule has 1 unspecified atom stereocenters. The molecule has 1 aliphatic heterocycles. The van der Waals surface area contributed by atoms with Gasteiger partial charge in [0.2, 0.25) is 0 Å². The summed E-state index contributed by atoms with van der Waals surface area (Å²) in [5.41, 5.74) is 7.17. The van der Waals surface area contributed by atoms with Gasteiger partial charge in [-0.05, 0) is 50.3 Å². The fourth-order valence-electron chi connectivity index (χ4n) is 4.19. The van der Waals surface area contributed by atoms with Crippen molar-refractivity contribution in [2.45, 2.75) is 44.6 Å². The van der Waals surface area contributed by atoms with Gasteiger partial charge in [0.1, 0.15) is 5.82 Å². The predicted octanol–water partition coefficient (Wildman–Crippen LogP) is 4.14. The second-order valence-corrected chi connectivity index (χ2v) is 7.04. The average molecular weight is 311 g/mol. The smallest absolute Gasteiger partial charge is 0.146 e. The van der Waals surface area contributed by atoms with Crippen molar-refractivity contribution in [3.63, 3.8) is 0 Å². The molecule has 0 radical (unpaired) electrons. The van der Waals surface area contributed by atoms with Gasteiger partial charge in [-0.15, -0.1) is 0 Å². The van der Waals surface area contributed by atoms with Crippen LogP contribution in [0.2, 0.25) is 5.02 Å². The first-order valence-corrected chi connectivity index (χ1v) is 8.41. The highest BCUT2D eigenvalue weighted by Gasteiger charge is 2.38. The molecule has 1 aromatic carbocycles. The summed E-state index contributed by atoms with van der Waals surface area (Å²) in [5, 5.41) is 0.190. The Morgan fingerprint density at radius 3 is 2.48 bits per heavy atom. The zero-order chi connectivity index (χ0) is 14.9. The normalized spacial score (nSPS) is 23.6. The number of likely N-dealkylation sites (tertiary alicyclic amines) is 1. The van der Waals surface area contributed by atoms with E-state index in [0.29, 0.717) is 17.5 Å².